The van der Waals surface area contributed by atoms with E-state index < -0.39 is 12.0 Å². The molecule has 0 aromatic rings. The molecule has 0 aromatic heterocycles. The molecule has 3 rings (SSSR count). The minimum Gasteiger partial charge on any atom is -0.366 e. The van der Waals surface area contributed by atoms with E-state index in [1.54, 1.807) is 5.06 Å². The van der Waals surface area contributed by atoms with Gasteiger partial charge in [-0.3, -0.25) is 14.6 Å². The fourth-order valence-corrected chi connectivity index (χ4v) is 4.02. The molecule has 0 bridgehead atoms. The van der Waals surface area contributed by atoms with Crippen molar-refractivity contribution in [3.63, 3.8) is 0 Å². The second-order valence-electron chi connectivity index (χ2n) is 7.16. The topological polar surface area (TPSA) is 77.2 Å². The molecule has 1 unspecified atom stereocenters. The maximum Gasteiger partial charge on any atom is 0.349 e. The van der Waals surface area contributed by atoms with Crippen LogP contribution in [0.15, 0.2) is 0 Å². The molecule has 8 nitrogen and oxygen atoms in total. The molecule has 3 fully saturated rings. The first kappa shape index (κ1) is 18.7. The third-order valence-corrected chi connectivity index (χ3v) is 5.44. The highest BCUT2D eigenvalue weighted by molar-refractivity contribution is 6.01. The molecule has 25 heavy (non-hydrogen) atoms. The predicted molar refractivity (Wildman–Crippen MR) is 94.0 cm³/mol. The van der Waals surface area contributed by atoms with Gasteiger partial charge in [-0.15, -0.1) is 5.06 Å². The average molecular weight is 353 g/mol. The summed E-state index contributed by atoms with van der Waals surface area (Å²) in [6.07, 6.45) is 2.38. The van der Waals surface area contributed by atoms with Crippen molar-refractivity contribution in [2.24, 2.45) is 0 Å². The molecule has 0 aliphatic carbocycles. The highest BCUT2D eigenvalue weighted by Crippen LogP contribution is 2.15. The van der Waals surface area contributed by atoms with Gasteiger partial charge in [-0.2, -0.15) is 0 Å². The van der Waals surface area contributed by atoms with Crippen LogP contribution >= 0.6 is 0 Å². The van der Waals surface area contributed by atoms with Gasteiger partial charge in [0, 0.05) is 58.4 Å². The van der Waals surface area contributed by atoms with Crippen molar-refractivity contribution in [1.29, 1.82) is 0 Å². The molecule has 2 N–H and O–H groups in total. The molecule has 3 aliphatic rings. The lowest BCUT2D eigenvalue weighted by Gasteiger charge is -2.40. The number of ketones is 1. The van der Waals surface area contributed by atoms with E-state index in [1.165, 1.54) is 19.8 Å². The molecule has 3 saturated heterocycles. The van der Waals surface area contributed by atoms with Gasteiger partial charge in [0.15, 0.2) is 11.8 Å². The molecular formula is C17H31N5O3. The molecule has 0 aromatic carbocycles. The summed E-state index contributed by atoms with van der Waals surface area (Å²) in [6, 6.07) is -0.130. The van der Waals surface area contributed by atoms with Crippen molar-refractivity contribution < 1.29 is 14.4 Å². The Morgan fingerprint density at radius 1 is 0.920 bits per heavy atom. The average Bonchev–Trinajstić information content (AvgIpc) is 2.64. The molecule has 0 amide bonds. The van der Waals surface area contributed by atoms with Gasteiger partial charge in [0.05, 0.1) is 0 Å². The van der Waals surface area contributed by atoms with Gasteiger partial charge in [-0.05, 0) is 32.9 Å². The van der Waals surface area contributed by atoms with Crippen molar-refractivity contribution in [3.05, 3.63) is 0 Å². The van der Waals surface area contributed by atoms with Gasteiger partial charge in [-0.1, -0.05) is 0 Å². The van der Waals surface area contributed by atoms with Crippen LogP contribution in [0.5, 0.6) is 0 Å². The van der Waals surface area contributed by atoms with Crippen LogP contribution in [0.2, 0.25) is 0 Å². The van der Waals surface area contributed by atoms with Crippen LogP contribution in [0.25, 0.3) is 0 Å². The quantitative estimate of drug-likeness (QED) is 0.589. The van der Waals surface area contributed by atoms with Gasteiger partial charge < -0.3 is 15.5 Å². The number of Topliss-reactive ketones (excluding diaryl/α,β-unsaturated/α-hetero) is 1. The fourth-order valence-electron chi connectivity index (χ4n) is 4.02. The van der Waals surface area contributed by atoms with E-state index in [1.807, 2.05) is 4.90 Å². The number of rotatable bonds is 5. The SMILES string of the molecule is CC(=O)C(C(=O)ON1CCN(C2CCNCC2)CC1)N1CCNCC1. The van der Waals surface area contributed by atoms with Crippen molar-refractivity contribution in [2.45, 2.75) is 31.8 Å². The Bertz CT molecular complexity index is 455. The number of hydrogen-bond donors (Lipinski definition) is 2. The number of hydroxylamine groups is 2. The smallest absolute Gasteiger partial charge is 0.349 e. The number of piperazine rings is 2. The number of carbonyl (C=O) groups is 2. The van der Waals surface area contributed by atoms with E-state index in [2.05, 4.69) is 15.5 Å². The first-order chi connectivity index (χ1) is 12.1. The first-order valence-corrected chi connectivity index (χ1v) is 9.52. The lowest BCUT2D eigenvalue weighted by Crippen LogP contribution is -2.57. The van der Waals surface area contributed by atoms with Crippen LogP contribution in [0.4, 0.5) is 0 Å². The van der Waals surface area contributed by atoms with Crippen LogP contribution in [0, 0.1) is 0 Å². The second kappa shape index (κ2) is 9.05. The Hall–Kier alpha value is -1.06. The molecular weight excluding hydrogens is 322 g/mol. The van der Waals surface area contributed by atoms with Crippen LogP contribution in [0.1, 0.15) is 19.8 Å². The molecule has 0 saturated carbocycles. The second-order valence-corrected chi connectivity index (χ2v) is 7.16. The number of piperidine rings is 1. The van der Waals surface area contributed by atoms with Gasteiger partial charge in [0.2, 0.25) is 0 Å². The Morgan fingerprint density at radius 2 is 1.52 bits per heavy atom. The molecule has 142 valence electrons. The van der Waals surface area contributed by atoms with Crippen molar-refractivity contribution in [3.8, 4) is 0 Å². The largest absolute Gasteiger partial charge is 0.366 e. The molecule has 0 radical (unpaired) electrons. The minimum absolute atomic E-state index is 0.139. The van der Waals surface area contributed by atoms with E-state index in [4.69, 9.17) is 4.84 Å². The van der Waals surface area contributed by atoms with Crippen LogP contribution in [0.3, 0.4) is 0 Å². The maximum atomic E-state index is 12.6. The molecule has 1 atom stereocenters. The zero-order chi connectivity index (χ0) is 17.6. The summed E-state index contributed by atoms with van der Waals surface area (Å²) in [5, 5.41) is 8.37. The summed E-state index contributed by atoms with van der Waals surface area (Å²) < 4.78 is 0. The molecule has 8 heteroatoms. The lowest BCUT2D eigenvalue weighted by molar-refractivity contribution is -0.204. The maximum absolute atomic E-state index is 12.6. The van der Waals surface area contributed by atoms with Crippen LogP contribution in [-0.2, 0) is 14.4 Å². The third-order valence-electron chi connectivity index (χ3n) is 5.44. The summed E-state index contributed by atoms with van der Waals surface area (Å²) in [5.41, 5.74) is 0. The Morgan fingerprint density at radius 3 is 2.12 bits per heavy atom. The van der Waals surface area contributed by atoms with Gasteiger partial charge in [0.25, 0.3) is 0 Å². The summed E-state index contributed by atoms with van der Waals surface area (Å²) in [7, 11) is 0. The Labute approximate surface area is 149 Å². The zero-order valence-electron chi connectivity index (χ0n) is 15.2. The van der Waals surface area contributed by atoms with E-state index in [-0.39, 0.29) is 5.78 Å². The van der Waals surface area contributed by atoms with Gasteiger partial charge in [-0.25, -0.2) is 4.79 Å². The highest BCUT2D eigenvalue weighted by Gasteiger charge is 2.35. The van der Waals surface area contributed by atoms with E-state index in [0.717, 1.165) is 39.3 Å². The molecule has 3 aliphatic heterocycles. The van der Waals surface area contributed by atoms with Crippen molar-refractivity contribution >= 4 is 11.8 Å². The number of nitrogens with one attached hydrogen (secondary N) is 2. The van der Waals surface area contributed by atoms with Crippen LogP contribution in [-0.4, -0.2) is 104 Å². The predicted octanol–water partition coefficient (Wildman–Crippen LogP) is -1.32. The highest BCUT2D eigenvalue weighted by atomic mass is 16.7. The Balaban J connectivity index is 1.48. The van der Waals surface area contributed by atoms with Crippen LogP contribution < -0.4 is 10.6 Å². The Kier molecular flexibility index (Phi) is 6.77. The summed E-state index contributed by atoms with van der Waals surface area (Å²) in [5.74, 6) is -0.565. The number of hydrogen-bond acceptors (Lipinski definition) is 8. The summed E-state index contributed by atoms with van der Waals surface area (Å²) >= 11 is 0. The number of nitrogens with zero attached hydrogens (tertiary/aromatic N) is 3. The monoisotopic (exact) mass is 353 g/mol. The van der Waals surface area contributed by atoms with Gasteiger partial charge in [0.1, 0.15) is 0 Å². The van der Waals surface area contributed by atoms with E-state index >= 15 is 0 Å². The zero-order valence-corrected chi connectivity index (χ0v) is 15.2. The summed E-state index contributed by atoms with van der Waals surface area (Å²) in [4.78, 5) is 34.6. The number of carbonyl (C=O) groups excluding carboxylic acids is 2. The lowest BCUT2D eigenvalue weighted by atomic mass is 10.0. The van der Waals surface area contributed by atoms with E-state index in [0.29, 0.717) is 32.2 Å². The normalized spacial score (nSPS) is 26.3. The third kappa shape index (κ3) is 4.98. The van der Waals surface area contributed by atoms with Crippen molar-refractivity contribution in [2.75, 3.05) is 65.4 Å². The minimum atomic E-state index is -0.774. The van der Waals surface area contributed by atoms with Gasteiger partial charge >= 0.3 is 5.97 Å². The van der Waals surface area contributed by atoms with E-state index in [9.17, 15) is 9.59 Å². The molecule has 3 heterocycles. The van der Waals surface area contributed by atoms with Crippen molar-refractivity contribution in [1.82, 2.24) is 25.5 Å². The fraction of sp³-hybridized carbons (Fsp3) is 0.882. The molecule has 0 spiro atoms. The first-order valence-electron chi connectivity index (χ1n) is 9.52. The summed E-state index contributed by atoms with van der Waals surface area (Å²) in [6.45, 7) is 9.89. The standard InChI is InChI=1S/C17H31N5O3/c1-14(23)16(21-8-6-19-7-9-21)17(24)25-22-12-10-20(11-13-22)15-2-4-18-5-3-15/h15-16,18-19H,2-13H2,1H3.